The third-order valence-corrected chi connectivity index (χ3v) is 1.68. The van der Waals surface area contributed by atoms with Crippen LogP contribution in [0.1, 0.15) is 20.3 Å². The lowest BCUT2D eigenvalue weighted by molar-refractivity contribution is 0.175. The van der Waals surface area contributed by atoms with Crippen LogP contribution in [0.2, 0.25) is 0 Å². The highest BCUT2D eigenvalue weighted by atomic mass is 16.3. The fourth-order valence-electron chi connectivity index (χ4n) is 1.15. The van der Waals surface area contributed by atoms with Crippen LogP contribution in [0, 0.1) is 5.92 Å². The summed E-state index contributed by atoms with van der Waals surface area (Å²) in [6.45, 7) is 4.13. The highest BCUT2D eigenvalue weighted by Gasteiger charge is 2.18. The Morgan fingerprint density at radius 3 is 2.50 bits per heavy atom. The Balaban J connectivity index is 2.56. The third-order valence-electron chi connectivity index (χ3n) is 1.68. The van der Waals surface area contributed by atoms with E-state index in [1.54, 1.807) is 0 Å². The lowest BCUT2D eigenvalue weighted by Crippen LogP contribution is -2.07. The molecule has 0 bridgehead atoms. The molecule has 0 fully saturated rings. The molecule has 0 aromatic rings. The molecule has 1 nitrogen and oxygen atoms in total. The quantitative estimate of drug-likeness (QED) is 0.469. The molecule has 0 aromatic heterocycles. The van der Waals surface area contributed by atoms with Crippen LogP contribution in [-0.4, -0.2) is 11.2 Å². The maximum absolute atomic E-state index is 9.09. The summed E-state index contributed by atoms with van der Waals surface area (Å²) in [6.07, 6.45) is 2.83. The first-order chi connectivity index (χ1) is 3.70. The zero-order valence-electron chi connectivity index (χ0n) is 5.39. The zero-order valence-corrected chi connectivity index (χ0v) is 5.39. The first-order valence-electron chi connectivity index (χ1n) is 3.05. The second-order valence-corrected chi connectivity index (χ2v) is 2.69. The lowest BCUT2D eigenvalue weighted by atomic mass is 10.1. The van der Waals surface area contributed by atoms with Crippen molar-refractivity contribution in [1.29, 1.82) is 0 Å². The molecule has 1 rings (SSSR count). The van der Waals surface area contributed by atoms with Crippen molar-refractivity contribution in [3.05, 3.63) is 11.6 Å². The monoisotopic (exact) mass is 112 g/mol. The van der Waals surface area contributed by atoms with Crippen LogP contribution >= 0.6 is 0 Å². The summed E-state index contributed by atoms with van der Waals surface area (Å²) >= 11 is 0. The van der Waals surface area contributed by atoms with Crippen molar-refractivity contribution in [2.75, 3.05) is 0 Å². The van der Waals surface area contributed by atoms with Gasteiger partial charge in [0.15, 0.2) is 0 Å². The van der Waals surface area contributed by atoms with E-state index < -0.39 is 0 Å². The molecule has 8 heavy (non-hydrogen) atoms. The van der Waals surface area contributed by atoms with E-state index >= 15 is 0 Å². The van der Waals surface area contributed by atoms with Gasteiger partial charge in [0, 0.05) is 0 Å². The molecule has 0 heterocycles. The molecule has 0 spiro atoms. The molecular weight excluding hydrogens is 100 g/mol. The summed E-state index contributed by atoms with van der Waals surface area (Å²) in [5, 5.41) is 9.09. The van der Waals surface area contributed by atoms with Gasteiger partial charge in [0.2, 0.25) is 0 Å². The first kappa shape index (κ1) is 5.83. The Bertz CT molecular complexity index is 116. The van der Waals surface area contributed by atoms with Crippen LogP contribution in [-0.2, 0) is 0 Å². The van der Waals surface area contributed by atoms with Gasteiger partial charge in [0.05, 0.1) is 6.10 Å². The minimum atomic E-state index is -0.171. The largest absolute Gasteiger partial charge is 0.389 e. The summed E-state index contributed by atoms with van der Waals surface area (Å²) < 4.78 is 0. The Labute approximate surface area is 50.0 Å². The van der Waals surface area contributed by atoms with E-state index in [0.29, 0.717) is 5.92 Å². The molecule has 0 radical (unpaired) electrons. The van der Waals surface area contributed by atoms with Crippen LogP contribution < -0.4 is 0 Å². The SMILES string of the molecule is CC1=CC(O)[C@H](C)C1. The maximum atomic E-state index is 9.09. The topological polar surface area (TPSA) is 20.2 Å². The van der Waals surface area contributed by atoms with Gasteiger partial charge in [-0.25, -0.2) is 0 Å². The molecule has 46 valence electrons. The Kier molecular flexibility index (Phi) is 1.39. The van der Waals surface area contributed by atoms with Crippen LogP contribution in [0.3, 0.4) is 0 Å². The summed E-state index contributed by atoms with van der Waals surface area (Å²) in [4.78, 5) is 0. The summed E-state index contributed by atoms with van der Waals surface area (Å²) in [7, 11) is 0. The zero-order chi connectivity index (χ0) is 6.15. The molecule has 1 unspecified atom stereocenters. The predicted molar refractivity (Wildman–Crippen MR) is 33.5 cm³/mol. The number of hydrogen-bond donors (Lipinski definition) is 1. The molecule has 0 saturated carbocycles. The maximum Gasteiger partial charge on any atom is 0.0751 e. The molecule has 0 aromatic carbocycles. The molecule has 0 saturated heterocycles. The van der Waals surface area contributed by atoms with Crippen molar-refractivity contribution in [3.8, 4) is 0 Å². The molecule has 0 amide bonds. The van der Waals surface area contributed by atoms with Crippen molar-refractivity contribution < 1.29 is 5.11 Å². The fourth-order valence-corrected chi connectivity index (χ4v) is 1.15. The van der Waals surface area contributed by atoms with Gasteiger partial charge < -0.3 is 5.11 Å². The lowest BCUT2D eigenvalue weighted by Gasteiger charge is -2.04. The predicted octanol–water partition coefficient (Wildman–Crippen LogP) is 1.33. The van der Waals surface area contributed by atoms with Crippen LogP contribution in [0.25, 0.3) is 0 Å². The van der Waals surface area contributed by atoms with Gasteiger partial charge in [0.25, 0.3) is 0 Å². The number of aliphatic hydroxyl groups excluding tert-OH is 1. The molecule has 1 aliphatic rings. The summed E-state index contributed by atoms with van der Waals surface area (Å²) in [5.41, 5.74) is 1.32. The van der Waals surface area contributed by atoms with E-state index in [-0.39, 0.29) is 6.10 Å². The van der Waals surface area contributed by atoms with Gasteiger partial charge in [0.1, 0.15) is 0 Å². The van der Waals surface area contributed by atoms with Crippen LogP contribution in [0.15, 0.2) is 11.6 Å². The number of allylic oxidation sites excluding steroid dienone is 1. The summed E-state index contributed by atoms with van der Waals surface area (Å²) in [6, 6.07) is 0. The van der Waals surface area contributed by atoms with E-state index in [0.717, 1.165) is 6.42 Å². The van der Waals surface area contributed by atoms with E-state index in [2.05, 4.69) is 13.8 Å². The second kappa shape index (κ2) is 1.90. The number of hydrogen-bond acceptors (Lipinski definition) is 1. The van der Waals surface area contributed by atoms with Gasteiger partial charge in [-0.15, -0.1) is 0 Å². The molecule has 1 aliphatic carbocycles. The minimum absolute atomic E-state index is 0.171. The normalized spacial score (nSPS) is 37.6. The van der Waals surface area contributed by atoms with Gasteiger partial charge in [-0.2, -0.15) is 0 Å². The van der Waals surface area contributed by atoms with E-state index in [1.165, 1.54) is 5.57 Å². The Hall–Kier alpha value is -0.300. The van der Waals surface area contributed by atoms with E-state index in [4.69, 9.17) is 5.11 Å². The second-order valence-electron chi connectivity index (χ2n) is 2.69. The molecule has 2 atom stereocenters. The van der Waals surface area contributed by atoms with Crippen LogP contribution in [0.4, 0.5) is 0 Å². The van der Waals surface area contributed by atoms with Gasteiger partial charge in [-0.05, 0) is 19.3 Å². The average Bonchev–Trinajstić information content (AvgIpc) is 1.85. The standard InChI is InChI=1S/C7H12O/c1-5-3-6(2)7(8)4-5/h4,6-8H,3H2,1-2H3/t6-,7?/m1/s1. The Morgan fingerprint density at radius 1 is 1.75 bits per heavy atom. The molecule has 1 heteroatoms. The number of aliphatic hydroxyl groups is 1. The third kappa shape index (κ3) is 0.920. The van der Waals surface area contributed by atoms with Gasteiger partial charge in [-0.1, -0.05) is 18.6 Å². The highest BCUT2D eigenvalue weighted by molar-refractivity contribution is 5.11. The van der Waals surface area contributed by atoms with Gasteiger partial charge in [-0.3, -0.25) is 0 Å². The van der Waals surface area contributed by atoms with Gasteiger partial charge >= 0.3 is 0 Å². The van der Waals surface area contributed by atoms with Crippen LogP contribution in [0.5, 0.6) is 0 Å². The minimum Gasteiger partial charge on any atom is -0.389 e. The van der Waals surface area contributed by atoms with Crippen molar-refractivity contribution in [3.63, 3.8) is 0 Å². The Morgan fingerprint density at radius 2 is 2.38 bits per heavy atom. The number of rotatable bonds is 0. The molecule has 1 N–H and O–H groups in total. The molecular formula is C7H12O. The van der Waals surface area contributed by atoms with Crippen molar-refractivity contribution in [1.82, 2.24) is 0 Å². The average molecular weight is 112 g/mol. The van der Waals surface area contributed by atoms with E-state index in [1.807, 2.05) is 6.08 Å². The van der Waals surface area contributed by atoms with E-state index in [9.17, 15) is 0 Å². The highest BCUT2D eigenvalue weighted by Crippen LogP contribution is 2.23. The van der Waals surface area contributed by atoms with Crippen molar-refractivity contribution >= 4 is 0 Å². The smallest absolute Gasteiger partial charge is 0.0751 e. The summed E-state index contributed by atoms with van der Waals surface area (Å²) in [5.74, 6) is 0.454. The van der Waals surface area contributed by atoms with Crippen molar-refractivity contribution in [2.24, 2.45) is 5.92 Å². The first-order valence-corrected chi connectivity index (χ1v) is 3.05. The molecule has 0 aliphatic heterocycles. The fraction of sp³-hybridized carbons (Fsp3) is 0.714. The van der Waals surface area contributed by atoms with Crippen molar-refractivity contribution in [2.45, 2.75) is 26.4 Å².